The van der Waals surface area contributed by atoms with E-state index in [9.17, 15) is 4.79 Å². The van der Waals surface area contributed by atoms with E-state index in [1.807, 2.05) is 53.1 Å². The fourth-order valence-corrected chi connectivity index (χ4v) is 1.54. The number of esters is 1. The van der Waals surface area contributed by atoms with Crippen molar-refractivity contribution in [1.82, 2.24) is 4.90 Å². The minimum Gasteiger partial charge on any atom is -0.456 e. The molecule has 3 heteroatoms. The van der Waals surface area contributed by atoms with Gasteiger partial charge >= 0.3 is 5.97 Å². The van der Waals surface area contributed by atoms with Crippen molar-refractivity contribution in [1.29, 1.82) is 0 Å². The molecule has 0 N–H and O–H groups in total. The molecule has 100 valence electrons. The van der Waals surface area contributed by atoms with Crippen LogP contribution in [0.4, 0.5) is 0 Å². The molecule has 0 heterocycles. The number of ether oxygens (including phenoxy) is 1. The fraction of sp³-hybridized carbons (Fsp3) is 0.533. The van der Waals surface area contributed by atoms with Crippen molar-refractivity contribution in [3.63, 3.8) is 0 Å². The van der Waals surface area contributed by atoms with Crippen molar-refractivity contribution < 1.29 is 9.53 Å². The standard InChI is InChI=1S/C15H23NO2/c1-15(2,3)18-14(17)13-8-6-7-12(11-13)9-10-16(4)5/h6-8,11H,9-10H2,1-5H3. The third-order valence-electron chi connectivity index (χ3n) is 2.41. The molecule has 0 aliphatic carbocycles. The molecule has 0 aromatic heterocycles. The van der Waals surface area contributed by atoms with Gasteiger partial charge in [0.05, 0.1) is 5.56 Å². The van der Waals surface area contributed by atoms with E-state index in [1.54, 1.807) is 6.07 Å². The van der Waals surface area contributed by atoms with Crippen LogP contribution in [0.25, 0.3) is 0 Å². The predicted octanol–water partition coefficient (Wildman–Crippen LogP) is 2.75. The Balaban J connectivity index is 2.72. The zero-order valence-electron chi connectivity index (χ0n) is 12.0. The second-order valence-electron chi connectivity index (χ2n) is 5.76. The van der Waals surface area contributed by atoms with E-state index in [4.69, 9.17) is 4.74 Å². The maximum atomic E-state index is 11.9. The first kappa shape index (κ1) is 14.7. The number of carbonyl (C=O) groups is 1. The number of benzene rings is 1. The lowest BCUT2D eigenvalue weighted by Crippen LogP contribution is -2.24. The second kappa shape index (κ2) is 6.01. The van der Waals surface area contributed by atoms with Crippen LogP contribution in [0, 0.1) is 0 Å². The van der Waals surface area contributed by atoms with E-state index in [-0.39, 0.29) is 5.97 Å². The molecule has 0 amide bonds. The highest BCUT2D eigenvalue weighted by atomic mass is 16.6. The van der Waals surface area contributed by atoms with Crippen molar-refractivity contribution in [2.75, 3.05) is 20.6 Å². The smallest absolute Gasteiger partial charge is 0.338 e. The quantitative estimate of drug-likeness (QED) is 0.768. The van der Waals surface area contributed by atoms with Gasteiger partial charge in [0.15, 0.2) is 0 Å². The van der Waals surface area contributed by atoms with Crippen LogP contribution in [0.3, 0.4) is 0 Å². The molecule has 0 saturated carbocycles. The van der Waals surface area contributed by atoms with Gasteiger partial charge in [0.25, 0.3) is 0 Å². The summed E-state index contributed by atoms with van der Waals surface area (Å²) in [6, 6.07) is 7.66. The molecule has 0 unspecified atom stereocenters. The summed E-state index contributed by atoms with van der Waals surface area (Å²) in [7, 11) is 4.08. The number of hydrogen-bond acceptors (Lipinski definition) is 3. The minimum absolute atomic E-state index is 0.255. The third-order valence-corrected chi connectivity index (χ3v) is 2.41. The Morgan fingerprint density at radius 1 is 1.28 bits per heavy atom. The molecule has 1 rings (SSSR count). The molecule has 0 spiro atoms. The third kappa shape index (κ3) is 5.32. The van der Waals surface area contributed by atoms with Crippen LogP contribution in [-0.2, 0) is 11.2 Å². The van der Waals surface area contributed by atoms with Gasteiger partial charge in [-0.05, 0) is 59.0 Å². The monoisotopic (exact) mass is 249 g/mol. The highest BCUT2D eigenvalue weighted by Gasteiger charge is 2.17. The summed E-state index contributed by atoms with van der Waals surface area (Å²) in [5.41, 5.74) is 1.34. The molecule has 0 atom stereocenters. The van der Waals surface area contributed by atoms with Gasteiger partial charge in [0, 0.05) is 6.54 Å². The number of likely N-dealkylation sites (N-methyl/N-ethyl adjacent to an activating group) is 1. The summed E-state index contributed by atoms with van der Waals surface area (Å²) in [4.78, 5) is 14.0. The highest BCUT2D eigenvalue weighted by molar-refractivity contribution is 5.89. The van der Waals surface area contributed by atoms with Crippen LogP contribution in [0.5, 0.6) is 0 Å². The molecule has 0 saturated heterocycles. The van der Waals surface area contributed by atoms with Gasteiger partial charge < -0.3 is 9.64 Å². The summed E-state index contributed by atoms with van der Waals surface area (Å²) < 4.78 is 5.35. The van der Waals surface area contributed by atoms with Crippen LogP contribution in [0.2, 0.25) is 0 Å². The van der Waals surface area contributed by atoms with Crippen LogP contribution < -0.4 is 0 Å². The van der Waals surface area contributed by atoms with Gasteiger partial charge in [-0.3, -0.25) is 0 Å². The summed E-state index contributed by atoms with van der Waals surface area (Å²) in [6.07, 6.45) is 0.934. The fourth-order valence-electron chi connectivity index (χ4n) is 1.54. The lowest BCUT2D eigenvalue weighted by atomic mass is 10.1. The Morgan fingerprint density at radius 3 is 2.50 bits per heavy atom. The van der Waals surface area contributed by atoms with Gasteiger partial charge in [-0.1, -0.05) is 12.1 Å². The summed E-state index contributed by atoms with van der Waals surface area (Å²) in [5.74, 6) is -0.255. The Hall–Kier alpha value is -1.35. The maximum absolute atomic E-state index is 11.9. The van der Waals surface area contributed by atoms with Crippen molar-refractivity contribution in [2.45, 2.75) is 32.8 Å². The predicted molar refractivity (Wildman–Crippen MR) is 73.9 cm³/mol. The molecule has 18 heavy (non-hydrogen) atoms. The van der Waals surface area contributed by atoms with Crippen molar-refractivity contribution >= 4 is 5.97 Å². The van der Waals surface area contributed by atoms with E-state index >= 15 is 0 Å². The Bertz CT molecular complexity index is 405. The van der Waals surface area contributed by atoms with Crippen molar-refractivity contribution in [2.24, 2.45) is 0 Å². The summed E-state index contributed by atoms with van der Waals surface area (Å²) in [5, 5.41) is 0. The lowest BCUT2D eigenvalue weighted by Gasteiger charge is -2.19. The van der Waals surface area contributed by atoms with E-state index < -0.39 is 5.60 Å². The normalized spacial score (nSPS) is 11.7. The maximum Gasteiger partial charge on any atom is 0.338 e. The Morgan fingerprint density at radius 2 is 1.94 bits per heavy atom. The Labute approximate surface area is 110 Å². The molecule has 0 bridgehead atoms. The average molecular weight is 249 g/mol. The van der Waals surface area contributed by atoms with Gasteiger partial charge in [-0.2, -0.15) is 0 Å². The molecule has 0 fully saturated rings. The zero-order valence-corrected chi connectivity index (χ0v) is 12.0. The average Bonchev–Trinajstić information content (AvgIpc) is 2.24. The van der Waals surface area contributed by atoms with Crippen LogP contribution in [-0.4, -0.2) is 37.1 Å². The number of nitrogens with zero attached hydrogens (tertiary/aromatic N) is 1. The van der Waals surface area contributed by atoms with Crippen LogP contribution >= 0.6 is 0 Å². The lowest BCUT2D eigenvalue weighted by molar-refractivity contribution is 0.00694. The SMILES string of the molecule is CN(C)CCc1cccc(C(=O)OC(C)(C)C)c1. The second-order valence-corrected chi connectivity index (χ2v) is 5.76. The minimum atomic E-state index is -0.448. The van der Waals surface area contributed by atoms with Gasteiger partial charge in [-0.15, -0.1) is 0 Å². The molecular weight excluding hydrogens is 226 g/mol. The first-order valence-electron chi connectivity index (χ1n) is 6.25. The first-order chi connectivity index (χ1) is 8.28. The van der Waals surface area contributed by atoms with Gasteiger partial charge in [0.2, 0.25) is 0 Å². The van der Waals surface area contributed by atoms with Crippen molar-refractivity contribution in [3.05, 3.63) is 35.4 Å². The molecule has 3 nitrogen and oxygen atoms in total. The van der Waals surface area contributed by atoms with E-state index in [0.717, 1.165) is 18.5 Å². The number of carbonyl (C=O) groups excluding carboxylic acids is 1. The topological polar surface area (TPSA) is 29.5 Å². The van der Waals surface area contributed by atoms with E-state index in [2.05, 4.69) is 4.90 Å². The van der Waals surface area contributed by atoms with Crippen molar-refractivity contribution in [3.8, 4) is 0 Å². The van der Waals surface area contributed by atoms with Gasteiger partial charge in [-0.25, -0.2) is 4.79 Å². The molecule has 0 radical (unpaired) electrons. The molecule has 1 aromatic rings. The van der Waals surface area contributed by atoms with Crippen LogP contribution in [0.1, 0.15) is 36.7 Å². The highest BCUT2D eigenvalue weighted by Crippen LogP contribution is 2.13. The number of rotatable bonds is 4. The van der Waals surface area contributed by atoms with Crippen LogP contribution in [0.15, 0.2) is 24.3 Å². The molecular formula is C15H23NO2. The van der Waals surface area contributed by atoms with E-state index in [0.29, 0.717) is 5.56 Å². The Kier molecular flexibility index (Phi) is 4.91. The van der Waals surface area contributed by atoms with Gasteiger partial charge in [0.1, 0.15) is 5.60 Å². The number of hydrogen-bond donors (Lipinski definition) is 0. The zero-order chi connectivity index (χ0) is 13.8. The molecule has 0 aliphatic heterocycles. The summed E-state index contributed by atoms with van der Waals surface area (Å²) in [6.45, 7) is 6.60. The molecule has 0 aliphatic rings. The largest absolute Gasteiger partial charge is 0.456 e. The molecule has 1 aromatic carbocycles. The van der Waals surface area contributed by atoms with E-state index in [1.165, 1.54) is 0 Å². The summed E-state index contributed by atoms with van der Waals surface area (Å²) >= 11 is 0. The first-order valence-corrected chi connectivity index (χ1v) is 6.25.